The monoisotopic (exact) mass is 396 g/mol. The van der Waals surface area contributed by atoms with Crippen LogP contribution in [0.25, 0.3) is 0 Å². The predicted octanol–water partition coefficient (Wildman–Crippen LogP) is 0.964. The topological polar surface area (TPSA) is 82.1 Å². The average Bonchev–Trinajstić information content (AvgIpc) is 3.40. The second kappa shape index (κ2) is 8.02. The maximum absolute atomic E-state index is 5.08. The molecule has 4 unspecified atom stereocenters. The fraction of sp³-hybridized carbons (Fsp3) is 0.619. The number of piperazine rings is 1. The summed E-state index contributed by atoms with van der Waals surface area (Å²) in [5.41, 5.74) is 9.46. The van der Waals surface area contributed by atoms with Crippen LogP contribution in [0.3, 0.4) is 0 Å². The molecule has 0 amide bonds. The zero-order chi connectivity index (χ0) is 19.8. The maximum atomic E-state index is 5.08. The lowest BCUT2D eigenvalue weighted by Gasteiger charge is -2.35. The van der Waals surface area contributed by atoms with Gasteiger partial charge in [-0.15, -0.1) is 0 Å². The van der Waals surface area contributed by atoms with Crippen LogP contribution in [0.4, 0.5) is 5.82 Å². The minimum Gasteiger partial charge on any atom is -0.354 e. The third-order valence-electron chi connectivity index (χ3n) is 6.61. The van der Waals surface area contributed by atoms with Crippen LogP contribution in [-0.4, -0.2) is 53.0 Å². The molecule has 3 fully saturated rings. The number of piperidine rings is 1. The van der Waals surface area contributed by atoms with E-state index in [1.807, 2.05) is 10.9 Å². The van der Waals surface area contributed by atoms with Crippen molar-refractivity contribution in [3.8, 4) is 0 Å². The van der Waals surface area contributed by atoms with E-state index in [1.54, 1.807) is 0 Å². The van der Waals surface area contributed by atoms with Crippen LogP contribution in [0.5, 0.6) is 0 Å². The zero-order valence-corrected chi connectivity index (χ0v) is 17.3. The third-order valence-corrected chi connectivity index (χ3v) is 6.61. The van der Waals surface area contributed by atoms with Crippen molar-refractivity contribution in [3.05, 3.63) is 41.9 Å². The summed E-state index contributed by atoms with van der Waals surface area (Å²) < 4.78 is 2.01. The smallest absolute Gasteiger partial charge is 0.128 e. The Balaban J connectivity index is 1.34. The maximum Gasteiger partial charge on any atom is 0.128 e. The summed E-state index contributed by atoms with van der Waals surface area (Å²) in [6.07, 6.45) is 5.26. The molecule has 0 aromatic carbocycles. The van der Waals surface area contributed by atoms with Crippen molar-refractivity contribution in [2.24, 2.45) is 5.92 Å². The highest BCUT2D eigenvalue weighted by molar-refractivity contribution is 5.41. The summed E-state index contributed by atoms with van der Waals surface area (Å²) in [6.45, 7) is 9.25. The number of fused-ring (bicyclic) bond motifs is 1. The van der Waals surface area contributed by atoms with Crippen molar-refractivity contribution in [3.63, 3.8) is 0 Å². The number of aryl methyl sites for hydroxylation is 1. The second-order valence-corrected chi connectivity index (χ2v) is 8.58. The molecule has 5 atom stereocenters. The van der Waals surface area contributed by atoms with E-state index < -0.39 is 0 Å². The Morgan fingerprint density at radius 2 is 2.14 bits per heavy atom. The van der Waals surface area contributed by atoms with Crippen LogP contribution in [0, 0.1) is 5.92 Å². The molecular formula is C21H32N8. The lowest BCUT2D eigenvalue weighted by Crippen LogP contribution is -2.49. The first-order chi connectivity index (χ1) is 14.2. The highest BCUT2D eigenvalue weighted by atomic mass is 15.4. The Hall–Kier alpha value is -2.00. The molecule has 29 heavy (non-hydrogen) atoms. The molecule has 0 saturated carbocycles. The summed E-state index contributed by atoms with van der Waals surface area (Å²) in [5.74, 6) is 1.59. The number of hydrazine groups is 1. The normalized spacial score (nSPS) is 32.3. The molecule has 2 aromatic rings. The standard InChI is InChI=1S/C21H32N8/c1-3-29-13-15(10-24-29)18-9-16-19(11-23-18)26-27-21(16)17-5-4-6-20(25-17)28-8-7-22-14(2)12-28/h4-6,10,13-14,16,18-19,21-23,26-27H,3,7-9,11-12H2,1-2H3/t14-,16?,18?,19?,21?/m0/s1. The average molecular weight is 397 g/mol. The number of anilines is 1. The molecule has 0 spiro atoms. The number of hydrogen-bond acceptors (Lipinski definition) is 7. The molecule has 3 saturated heterocycles. The van der Waals surface area contributed by atoms with Gasteiger partial charge in [-0.3, -0.25) is 10.1 Å². The molecular weight excluding hydrogens is 364 g/mol. The van der Waals surface area contributed by atoms with E-state index in [0.717, 1.165) is 50.7 Å². The zero-order valence-electron chi connectivity index (χ0n) is 17.3. The lowest BCUT2D eigenvalue weighted by atomic mass is 9.82. The fourth-order valence-electron chi connectivity index (χ4n) is 4.98. The molecule has 2 aromatic heterocycles. The van der Waals surface area contributed by atoms with E-state index in [4.69, 9.17) is 4.98 Å². The molecule has 5 heterocycles. The Kier molecular flexibility index (Phi) is 5.26. The number of pyridine rings is 1. The number of rotatable bonds is 4. The SMILES string of the molecule is CCn1cc(C2CC3C(CN2)NNC3c2cccc(N3CCN[C@@H](C)C3)n2)cn1. The molecule has 0 radical (unpaired) electrons. The van der Waals surface area contributed by atoms with E-state index in [0.29, 0.717) is 24.0 Å². The van der Waals surface area contributed by atoms with Gasteiger partial charge in [0, 0.05) is 68.5 Å². The summed E-state index contributed by atoms with van der Waals surface area (Å²) in [4.78, 5) is 7.48. The van der Waals surface area contributed by atoms with Crippen molar-refractivity contribution in [2.45, 2.75) is 51.0 Å². The van der Waals surface area contributed by atoms with Gasteiger partial charge < -0.3 is 15.5 Å². The van der Waals surface area contributed by atoms with Gasteiger partial charge in [0.1, 0.15) is 5.82 Å². The van der Waals surface area contributed by atoms with Gasteiger partial charge in [-0.1, -0.05) is 6.07 Å². The molecule has 156 valence electrons. The quantitative estimate of drug-likeness (QED) is 0.613. The number of aromatic nitrogens is 3. The molecule has 5 rings (SSSR count). The van der Waals surface area contributed by atoms with Gasteiger partial charge in [-0.05, 0) is 32.4 Å². The molecule has 8 heteroatoms. The first-order valence-corrected chi connectivity index (χ1v) is 10.9. The van der Waals surface area contributed by atoms with Gasteiger partial charge in [0.15, 0.2) is 0 Å². The largest absolute Gasteiger partial charge is 0.354 e. The van der Waals surface area contributed by atoms with Gasteiger partial charge in [0.05, 0.1) is 17.9 Å². The van der Waals surface area contributed by atoms with E-state index in [1.165, 1.54) is 5.56 Å². The Morgan fingerprint density at radius 1 is 1.21 bits per heavy atom. The Bertz CT molecular complexity index is 836. The lowest BCUT2D eigenvalue weighted by molar-refractivity contribution is 0.265. The summed E-state index contributed by atoms with van der Waals surface area (Å²) >= 11 is 0. The Morgan fingerprint density at radius 3 is 2.97 bits per heavy atom. The molecule has 0 aliphatic carbocycles. The summed E-state index contributed by atoms with van der Waals surface area (Å²) in [5, 5.41) is 11.7. The molecule has 8 nitrogen and oxygen atoms in total. The van der Waals surface area contributed by atoms with Crippen LogP contribution in [-0.2, 0) is 6.54 Å². The third kappa shape index (κ3) is 3.77. The van der Waals surface area contributed by atoms with Crippen LogP contribution >= 0.6 is 0 Å². The van der Waals surface area contributed by atoms with Gasteiger partial charge >= 0.3 is 0 Å². The first-order valence-electron chi connectivity index (χ1n) is 10.9. The first kappa shape index (κ1) is 19.0. The van der Waals surface area contributed by atoms with Crippen molar-refractivity contribution in [2.75, 3.05) is 31.1 Å². The number of nitrogens with zero attached hydrogens (tertiary/aromatic N) is 4. The van der Waals surface area contributed by atoms with Crippen LogP contribution in [0.15, 0.2) is 30.6 Å². The molecule has 3 aliphatic heterocycles. The van der Waals surface area contributed by atoms with E-state index >= 15 is 0 Å². The van der Waals surface area contributed by atoms with Gasteiger partial charge in [-0.2, -0.15) is 5.10 Å². The van der Waals surface area contributed by atoms with Crippen molar-refractivity contribution < 1.29 is 0 Å². The molecule has 3 aliphatic rings. The summed E-state index contributed by atoms with van der Waals surface area (Å²) in [6, 6.07) is 7.96. The van der Waals surface area contributed by atoms with Gasteiger partial charge in [-0.25, -0.2) is 10.4 Å². The van der Waals surface area contributed by atoms with Gasteiger partial charge in [0.25, 0.3) is 0 Å². The van der Waals surface area contributed by atoms with Crippen LogP contribution < -0.4 is 26.4 Å². The minimum atomic E-state index is 0.228. The van der Waals surface area contributed by atoms with E-state index in [9.17, 15) is 0 Å². The number of hydrogen-bond donors (Lipinski definition) is 4. The van der Waals surface area contributed by atoms with Crippen LogP contribution in [0.2, 0.25) is 0 Å². The van der Waals surface area contributed by atoms with Gasteiger partial charge in [0.2, 0.25) is 0 Å². The molecule has 4 N–H and O–H groups in total. The van der Waals surface area contributed by atoms with Crippen molar-refractivity contribution >= 4 is 5.82 Å². The fourth-order valence-corrected chi connectivity index (χ4v) is 4.98. The predicted molar refractivity (Wildman–Crippen MR) is 113 cm³/mol. The van der Waals surface area contributed by atoms with E-state index in [2.05, 4.69) is 69.7 Å². The van der Waals surface area contributed by atoms with Crippen molar-refractivity contribution in [1.29, 1.82) is 0 Å². The second-order valence-electron chi connectivity index (χ2n) is 8.58. The summed E-state index contributed by atoms with van der Waals surface area (Å²) in [7, 11) is 0. The number of nitrogens with one attached hydrogen (secondary N) is 4. The Labute approximate surface area is 172 Å². The highest BCUT2D eigenvalue weighted by Crippen LogP contribution is 2.38. The highest BCUT2D eigenvalue weighted by Gasteiger charge is 2.42. The molecule has 0 bridgehead atoms. The minimum absolute atomic E-state index is 0.228. The van der Waals surface area contributed by atoms with E-state index in [-0.39, 0.29) is 6.04 Å². The van der Waals surface area contributed by atoms with Crippen LogP contribution in [0.1, 0.15) is 43.6 Å². The van der Waals surface area contributed by atoms with Crippen molar-refractivity contribution in [1.82, 2.24) is 36.2 Å².